The molecule has 2 aromatic heterocycles. The molecule has 114 valence electrons. The Bertz CT molecular complexity index is 695. The molecule has 0 aliphatic carbocycles. The molecule has 7 nitrogen and oxygen atoms in total. The number of aromatic nitrogens is 3. The number of nitrogens with zero attached hydrogens (tertiary/aromatic N) is 3. The highest BCUT2D eigenvalue weighted by molar-refractivity contribution is 7.92. The van der Waals surface area contributed by atoms with E-state index in [1.54, 1.807) is 19.2 Å². The molecule has 0 amide bonds. The highest BCUT2D eigenvalue weighted by Gasteiger charge is 2.17. The molecule has 21 heavy (non-hydrogen) atoms. The number of aryl methyl sites for hydroxylation is 1. The van der Waals surface area contributed by atoms with Gasteiger partial charge in [0.05, 0.1) is 0 Å². The van der Waals surface area contributed by atoms with Crippen molar-refractivity contribution in [1.82, 2.24) is 20.5 Å². The van der Waals surface area contributed by atoms with Crippen LogP contribution in [0.15, 0.2) is 23.4 Å². The minimum atomic E-state index is -3.72. The van der Waals surface area contributed by atoms with Crippen molar-refractivity contribution in [3.8, 4) is 0 Å². The first kappa shape index (κ1) is 15.8. The van der Waals surface area contributed by atoms with E-state index >= 15 is 0 Å². The van der Waals surface area contributed by atoms with Gasteiger partial charge in [0.15, 0.2) is 5.03 Å². The van der Waals surface area contributed by atoms with Gasteiger partial charge in [0.1, 0.15) is 5.01 Å². The summed E-state index contributed by atoms with van der Waals surface area (Å²) >= 11 is 1.17. The first-order valence-electron chi connectivity index (χ1n) is 6.38. The van der Waals surface area contributed by atoms with Gasteiger partial charge in [-0.05, 0) is 18.6 Å². The van der Waals surface area contributed by atoms with Gasteiger partial charge >= 0.3 is 0 Å². The molecule has 9 heteroatoms. The summed E-state index contributed by atoms with van der Waals surface area (Å²) in [6.45, 7) is 6.48. The Morgan fingerprint density at radius 3 is 2.57 bits per heavy atom. The van der Waals surface area contributed by atoms with Crippen molar-refractivity contribution in [2.24, 2.45) is 0 Å². The summed E-state index contributed by atoms with van der Waals surface area (Å²) in [6, 6.07) is 3.58. The number of hydrogen-bond donors (Lipinski definition) is 2. The van der Waals surface area contributed by atoms with Gasteiger partial charge in [-0.1, -0.05) is 31.3 Å². The van der Waals surface area contributed by atoms with Crippen LogP contribution in [0.4, 0.5) is 5.13 Å². The standard InChI is InChI=1S/C12H17N5O2S2/c1-8(2)13-6-10-4-5-11(14-7-10)21(18,19)17-12-16-15-9(3)20-12/h4-5,7-8,13H,6H2,1-3H3,(H,16,17). The maximum Gasteiger partial charge on any atom is 0.281 e. The van der Waals surface area contributed by atoms with E-state index in [4.69, 9.17) is 0 Å². The van der Waals surface area contributed by atoms with Crippen molar-refractivity contribution in [3.63, 3.8) is 0 Å². The van der Waals surface area contributed by atoms with Gasteiger partial charge < -0.3 is 5.32 Å². The minimum Gasteiger partial charge on any atom is -0.310 e. The molecule has 0 saturated carbocycles. The summed E-state index contributed by atoms with van der Waals surface area (Å²) < 4.78 is 26.6. The summed E-state index contributed by atoms with van der Waals surface area (Å²) in [4.78, 5) is 4.00. The largest absolute Gasteiger partial charge is 0.310 e. The smallest absolute Gasteiger partial charge is 0.281 e. The van der Waals surface area contributed by atoms with Crippen LogP contribution in [-0.4, -0.2) is 29.6 Å². The lowest BCUT2D eigenvalue weighted by Crippen LogP contribution is -2.22. The first-order valence-corrected chi connectivity index (χ1v) is 8.68. The van der Waals surface area contributed by atoms with Crippen LogP contribution in [0.1, 0.15) is 24.4 Å². The monoisotopic (exact) mass is 327 g/mol. The van der Waals surface area contributed by atoms with Crippen LogP contribution in [-0.2, 0) is 16.6 Å². The van der Waals surface area contributed by atoms with Crippen molar-refractivity contribution in [1.29, 1.82) is 0 Å². The quantitative estimate of drug-likeness (QED) is 0.835. The molecule has 0 atom stereocenters. The van der Waals surface area contributed by atoms with Crippen molar-refractivity contribution in [3.05, 3.63) is 28.9 Å². The second-order valence-electron chi connectivity index (χ2n) is 4.77. The molecule has 0 aromatic carbocycles. The molecule has 0 radical (unpaired) electrons. The molecule has 2 rings (SSSR count). The Hall–Kier alpha value is -1.58. The number of hydrogen-bond acceptors (Lipinski definition) is 7. The number of nitrogens with one attached hydrogen (secondary N) is 2. The maximum atomic E-state index is 12.1. The van der Waals surface area contributed by atoms with Gasteiger partial charge in [0.25, 0.3) is 10.0 Å². The van der Waals surface area contributed by atoms with Gasteiger partial charge in [-0.3, -0.25) is 4.72 Å². The summed E-state index contributed by atoms with van der Waals surface area (Å²) in [5, 5.41) is 11.6. The number of rotatable bonds is 6. The lowest BCUT2D eigenvalue weighted by atomic mass is 10.2. The highest BCUT2D eigenvalue weighted by atomic mass is 32.2. The van der Waals surface area contributed by atoms with Crippen molar-refractivity contribution < 1.29 is 8.42 Å². The van der Waals surface area contributed by atoms with Crippen LogP contribution < -0.4 is 10.0 Å². The van der Waals surface area contributed by atoms with Gasteiger partial charge in [-0.2, -0.15) is 8.42 Å². The second-order valence-corrected chi connectivity index (χ2v) is 7.58. The zero-order valence-corrected chi connectivity index (χ0v) is 13.6. The van der Waals surface area contributed by atoms with E-state index < -0.39 is 10.0 Å². The van der Waals surface area contributed by atoms with Crippen LogP contribution in [0.3, 0.4) is 0 Å². The Kier molecular flexibility index (Phi) is 4.86. The predicted octanol–water partition coefficient (Wildman–Crippen LogP) is 1.54. The maximum absolute atomic E-state index is 12.1. The number of pyridine rings is 1. The van der Waals surface area contributed by atoms with Gasteiger partial charge in [-0.15, -0.1) is 10.2 Å². The topological polar surface area (TPSA) is 96.9 Å². The number of anilines is 1. The fraction of sp³-hybridized carbons (Fsp3) is 0.417. The van der Waals surface area contributed by atoms with Gasteiger partial charge in [0, 0.05) is 18.8 Å². The fourth-order valence-corrected chi connectivity index (χ4v) is 3.25. The van der Waals surface area contributed by atoms with Gasteiger partial charge in [-0.25, -0.2) is 4.98 Å². The predicted molar refractivity (Wildman–Crippen MR) is 81.7 cm³/mol. The summed E-state index contributed by atoms with van der Waals surface area (Å²) in [6.07, 6.45) is 1.55. The number of sulfonamides is 1. The third kappa shape index (κ3) is 4.45. The molecule has 0 spiro atoms. The third-order valence-electron chi connectivity index (χ3n) is 2.54. The first-order chi connectivity index (χ1) is 9.87. The molecule has 0 aliphatic heterocycles. The average molecular weight is 327 g/mol. The SMILES string of the molecule is Cc1nnc(NS(=O)(=O)c2ccc(CNC(C)C)cn2)s1. The summed E-state index contributed by atoms with van der Waals surface area (Å²) in [5.41, 5.74) is 0.925. The van der Waals surface area contributed by atoms with Gasteiger partial charge in [0.2, 0.25) is 5.13 Å². The van der Waals surface area contributed by atoms with Crippen LogP contribution >= 0.6 is 11.3 Å². The van der Waals surface area contributed by atoms with Crippen LogP contribution in [0.25, 0.3) is 0 Å². The van der Waals surface area contributed by atoms with E-state index in [2.05, 4.69) is 25.2 Å². The minimum absolute atomic E-state index is 0.0383. The van der Waals surface area contributed by atoms with Crippen molar-refractivity contribution in [2.45, 2.75) is 38.4 Å². The molecule has 0 saturated heterocycles. The normalized spacial score (nSPS) is 11.8. The fourth-order valence-electron chi connectivity index (χ4n) is 1.50. The molecule has 2 aromatic rings. The Balaban J connectivity index is 2.09. The molecule has 0 bridgehead atoms. The summed E-state index contributed by atoms with van der Waals surface area (Å²) in [7, 11) is -3.72. The Labute approximate surface area is 127 Å². The van der Waals surface area contributed by atoms with E-state index in [0.717, 1.165) is 5.56 Å². The lowest BCUT2D eigenvalue weighted by Gasteiger charge is -2.08. The molecule has 0 fully saturated rings. The zero-order valence-electron chi connectivity index (χ0n) is 12.0. The van der Waals surface area contributed by atoms with Crippen molar-refractivity contribution in [2.75, 3.05) is 4.72 Å². The van der Waals surface area contributed by atoms with E-state index in [0.29, 0.717) is 17.6 Å². The molecule has 0 unspecified atom stereocenters. The second kappa shape index (κ2) is 6.46. The van der Waals surface area contributed by atoms with E-state index in [1.165, 1.54) is 17.4 Å². The third-order valence-corrected chi connectivity index (χ3v) is 4.67. The average Bonchev–Trinajstić information content (AvgIpc) is 2.81. The molecule has 2 heterocycles. The van der Waals surface area contributed by atoms with E-state index in [-0.39, 0.29) is 10.2 Å². The van der Waals surface area contributed by atoms with Crippen molar-refractivity contribution >= 4 is 26.5 Å². The lowest BCUT2D eigenvalue weighted by molar-refractivity contribution is 0.585. The van der Waals surface area contributed by atoms with E-state index in [9.17, 15) is 8.42 Å². The molecular formula is C12H17N5O2S2. The van der Waals surface area contributed by atoms with Crippen LogP contribution in [0, 0.1) is 6.92 Å². The Morgan fingerprint density at radius 1 is 1.29 bits per heavy atom. The molecule has 2 N–H and O–H groups in total. The summed E-state index contributed by atoms with van der Waals surface area (Å²) in [5.74, 6) is 0. The molecule has 0 aliphatic rings. The van der Waals surface area contributed by atoms with E-state index in [1.807, 2.05) is 13.8 Å². The zero-order chi connectivity index (χ0) is 15.5. The van der Waals surface area contributed by atoms with Crippen LogP contribution in [0.5, 0.6) is 0 Å². The molecular weight excluding hydrogens is 310 g/mol. The van der Waals surface area contributed by atoms with Crippen LogP contribution in [0.2, 0.25) is 0 Å². The Morgan fingerprint density at radius 2 is 2.05 bits per heavy atom. The highest BCUT2D eigenvalue weighted by Crippen LogP contribution is 2.18.